The molecule has 1 aromatic heterocycles. The van der Waals surface area contributed by atoms with E-state index in [-0.39, 0.29) is 18.0 Å². The average molecular weight is 327 g/mol. The third kappa shape index (κ3) is 3.52. The van der Waals surface area contributed by atoms with Crippen LogP contribution >= 0.6 is 0 Å². The summed E-state index contributed by atoms with van der Waals surface area (Å²) in [6, 6.07) is 7.66. The molecule has 0 fully saturated rings. The highest BCUT2D eigenvalue weighted by Gasteiger charge is 2.17. The number of hydrogen-bond donors (Lipinski definition) is 2. The zero-order chi connectivity index (χ0) is 17.7. The molecule has 3 N–H and O–H groups in total. The molecule has 0 aliphatic rings. The van der Waals surface area contributed by atoms with Gasteiger partial charge in [-0.3, -0.25) is 4.79 Å². The molecule has 0 bridgehead atoms. The van der Waals surface area contributed by atoms with Crippen molar-refractivity contribution in [1.29, 1.82) is 5.26 Å². The lowest BCUT2D eigenvalue weighted by Crippen LogP contribution is -2.39. The summed E-state index contributed by atoms with van der Waals surface area (Å²) in [5, 5.41) is 15.5. The molecule has 124 valence electrons. The number of nitrogen functional groups attached to an aromatic ring is 1. The molecule has 8 nitrogen and oxygen atoms in total. The fourth-order valence-corrected chi connectivity index (χ4v) is 2.01. The van der Waals surface area contributed by atoms with Crippen LogP contribution in [0.3, 0.4) is 0 Å². The molecule has 0 aliphatic heterocycles. The van der Waals surface area contributed by atoms with Gasteiger partial charge in [-0.15, -0.1) is 0 Å². The number of nitrogens with one attached hydrogen (secondary N) is 1. The van der Waals surface area contributed by atoms with Gasteiger partial charge in [0.2, 0.25) is 0 Å². The second kappa shape index (κ2) is 7.28. The molecular formula is C16H17N5O3. The Morgan fingerprint density at radius 2 is 2.08 bits per heavy atom. The fourth-order valence-electron chi connectivity index (χ4n) is 2.01. The van der Waals surface area contributed by atoms with E-state index in [1.165, 1.54) is 10.9 Å². The molecule has 8 heteroatoms. The Morgan fingerprint density at radius 3 is 2.62 bits per heavy atom. The average Bonchev–Trinajstić information content (AvgIpc) is 2.95. The van der Waals surface area contributed by atoms with Crippen LogP contribution in [0.15, 0.2) is 30.5 Å². The molecule has 1 aromatic carbocycles. The number of esters is 1. The van der Waals surface area contributed by atoms with Gasteiger partial charge in [-0.1, -0.05) is 0 Å². The number of nitrogens with two attached hydrogens (primary N) is 1. The van der Waals surface area contributed by atoms with Crippen LogP contribution in [0.25, 0.3) is 5.69 Å². The summed E-state index contributed by atoms with van der Waals surface area (Å²) in [5.41, 5.74) is 7.09. The minimum absolute atomic E-state index is 0.227. The Balaban J connectivity index is 2.11. The Bertz CT molecular complexity index is 789. The number of nitriles is 1. The maximum absolute atomic E-state index is 12.1. The molecule has 1 amide bonds. The topological polar surface area (TPSA) is 123 Å². The first-order valence-corrected chi connectivity index (χ1v) is 7.29. The van der Waals surface area contributed by atoms with Gasteiger partial charge in [0.1, 0.15) is 23.5 Å². The van der Waals surface area contributed by atoms with Crippen molar-refractivity contribution in [3.8, 4) is 11.8 Å². The van der Waals surface area contributed by atoms with Crippen molar-refractivity contribution >= 4 is 17.7 Å². The minimum atomic E-state index is -0.739. The fraction of sp³-hybridized carbons (Fsp3) is 0.250. The van der Waals surface area contributed by atoms with E-state index in [4.69, 9.17) is 15.7 Å². The van der Waals surface area contributed by atoms with Gasteiger partial charge in [0.15, 0.2) is 0 Å². The summed E-state index contributed by atoms with van der Waals surface area (Å²) in [6.45, 7) is 3.51. The zero-order valence-electron chi connectivity index (χ0n) is 13.3. The van der Waals surface area contributed by atoms with E-state index >= 15 is 0 Å². The highest BCUT2D eigenvalue weighted by molar-refractivity contribution is 5.96. The van der Waals surface area contributed by atoms with Gasteiger partial charge in [-0.25, -0.2) is 9.48 Å². The van der Waals surface area contributed by atoms with Crippen LogP contribution < -0.4 is 11.1 Å². The van der Waals surface area contributed by atoms with Gasteiger partial charge in [0.25, 0.3) is 5.91 Å². The Labute approximate surface area is 138 Å². The third-order valence-corrected chi connectivity index (χ3v) is 3.29. The predicted molar refractivity (Wildman–Crippen MR) is 86.3 cm³/mol. The number of nitrogens with zero attached hydrogens (tertiary/aromatic N) is 3. The van der Waals surface area contributed by atoms with E-state index in [1.54, 1.807) is 38.1 Å². The SMILES string of the molecule is CCOC(=O)[C@@H](C)NC(=O)c1ccc(-n2ncc(C#N)c2N)cc1. The molecular weight excluding hydrogens is 310 g/mol. The first kappa shape index (κ1) is 17.0. The van der Waals surface area contributed by atoms with E-state index < -0.39 is 17.9 Å². The molecule has 2 aromatic rings. The Kier molecular flexibility index (Phi) is 5.16. The largest absolute Gasteiger partial charge is 0.464 e. The van der Waals surface area contributed by atoms with Crippen LogP contribution in [0, 0.1) is 11.3 Å². The molecule has 0 unspecified atom stereocenters. The van der Waals surface area contributed by atoms with E-state index in [2.05, 4.69) is 10.4 Å². The lowest BCUT2D eigenvalue weighted by molar-refractivity contribution is -0.144. The van der Waals surface area contributed by atoms with Crippen molar-refractivity contribution in [2.75, 3.05) is 12.3 Å². The number of anilines is 1. The van der Waals surface area contributed by atoms with E-state index in [1.807, 2.05) is 6.07 Å². The number of rotatable bonds is 5. The van der Waals surface area contributed by atoms with Gasteiger partial charge < -0.3 is 15.8 Å². The molecule has 0 saturated carbocycles. The van der Waals surface area contributed by atoms with Crippen LogP contribution in [0.5, 0.6) is 0 Å². The van der Waals surface area contributed by atoms with Crippen LogP contribution in [0.2, 0.25) is 0 Å². The van der Waals surface area contributed by atoms with Crippen molar-refractivity contribution in [3.63, 3.8) is 0 Å². The van der Waals surface area contributed by atoms with Crippen molar-refractivity contribution < 1.29 is 14.3 Å². The number of amides is 1. The van der Waals surface area contributed by atoms with Crippen molar-refractivity contribution in [2.45, 2.75) is 19.9 Å². The smallest absolute Gasteiger partial charge is 0.328 e. The molecule has 1 atom stereocenters. The lowest BCUT2D eigenvalue weighted by Gasteiger charge is -2.13. The molecule has 1 heterocycles. The third-order valence-electron chi connectivity index (χ3n) is 3.29. The minimum Gasteiger partial charge on any atom is -0.464 e. The predicted octanol–water partition coefficient (Wildman–Crippen LogP) is 1.01. The maximum atomic E-state index is 12.1. The second-order valence-electron chi connectivity index (χ2n) is 4.96. The lowest BCUT2D eigenvalue weighted by atomic mass is 10.2. The number of carbonyl (C=O) groups is 2. The summed E-state index contributed by atoms with van der Waals surface area (Å²) in [7, 11) is 0. The summed E-state index contributed by atoms with van der Waals surface area (Å²) in [5.74, 6) is -0.658. The summed E-state index contributed by atoms with van der Waals surface area (Å²) < 4.78 is 6.24. The van der Waals surface area contributed by atoms with E-state index in [9.17, 15) is 9.59 Å². The summed E-state index contributed by atoms with van der Waals surface area (Å²) in [4.78, 5) is 23.6. The van der Waals surface area contributed by atoms with Crippen LogP contribution in [-0.4, -0.2) is 34.3 Å². The summed E-state index contributed by atoms with van der Waals surface area (Å²) in [6.07, 6.45) is 1.37. The summed E-state index contributed by atoms with van der Waals surface area (Å²) >= 11 is 0. The maximum Gasteiger partial charge on any atom is 0.328 e. The Hall–Kier alpha value is -3.34. The number of ether oxygens (including phenoxy) is 1. The van der Waals surface area contributed by atoms with E-state index in [0.717, 1.165) is 0 Å². The Morgan fingerprint density at radius 1 is 1.42 bits per heavy atom. The van der Waals surface area contributed by atoms with Crippen LogP contribution in [0.1, 0.15) is 29.8 Å². The standard InChI is InChI=1S/C16H17N5O3/c1-3-24-16(23)10(2)20-15(22)11-4-6-13(7-5-11)21-14(18)12(8-17)9-19-21/h4-7,9-10H,3,18H2,1-2H3,(H,20,22)/t10-/m1/s1. The molecule has 0 radical (unpaired) electrons. The molecule has 0 spiro atoms. The molecule has 0 aliphatic carbocycles. The highest BCUT2D eigenvalue weighted by Crippen LogP contribution is 2.16. The van der Waals surface area contributed by atoms with Crippen molar-refractivity contribution in [2.24, 2.45) is 0 Å². The number of hydrogen-bond acceptors (Lipinski definition) is 6. The highest BCUT2D eigenvalue weighted by atomic mass is 16.5. The monoisotopic (exact) mass is 327 g/mol. The molecule has 24 heavy (non-hydrogen) atoms. The van der Waals surface area contributed by atoms with Gasteiger partial charge in [0.05, 0.1) is 18.5 Å². The first-order chi connectivity index (χ1) is 11.5. The first-order valence-electron chi connectivity index (χ1n) is 7.29. The van der Waals surface area contributed by atoms with Crippen LogP contribution in [-0.2, 0) is 9.53 Å². The number of benzene rings is 1. The van der Waals surface area contributed by atoms with Crippen molar-refractivity contribution in [3.05, 3.63) is 41.6 Å². The van der Waals surface area contributed by atoms with Gasteiger partial charge in [-0.2, -0.15) is 10.4 Å². The van der Waals surface area contributed by atoms with Gasteiger partial charge in [-0.05, 0) is 38.1 Å². The van der Waals surface area contributed by atoms with Crippen LogP contribution in [0.4, 0.5) is 5.82 Å². The van der Waals surface area contributed by atoms with Crippen molar-refractivity contribution in [1.82, 2.24) is 15.1 Å². The second-order valence-corrected chi connectivity index (χ2v) is 4.96. The number of aromatic nitrogens is 2. The quantitative estimate of drug-likeness (QED) is 0.790. The molecule has 0 saturated heterocycles. The van der Waals surface area contributed by atoms with Gasteiger partial charge >= 0.3 is 5.97 Å². The zero-order valence-corrected chi connectivity index (χ0v) is 13.3. The van der Waals surface area contributed by atoms with E-state index in [0.29, 0.717) is 11.3 Å². The number of carbonyl (C=O) groups excluding carboxylic acids is 2. The normalized spacial score (nSPS) is 11.4. The molecule has 2 rings (SSSR count). The van der Waals surface area contributed by atoms with Gasteiger partial charge in [0, 0.05) is 5.56 Å².